The molecule has 110 valence electrons. The van der Waals surface area contributed by atoms with E-state index in [1.807, 2.05) is 0 Å². The lowest BCUT2D eigenvalue weighted by molar-refractivity contribution is -0.175. The number of hydrogen-bond donors (Lipinski definition) is 2. The summed E-state index contributed by atoms with van der Waals surface area (Å²) in [7, 11) is 0. The summed E-state index contributed by atoms with van der Waals surface area (Å²) in [4.78, 5) is 21.9. The Morgan fingerprint density at radius 3 is 2.60 bits per heavy atom. The standard InChI is InChI=1S/C12H12F3NO4/c13-12(14,15)7-20-6-10(17)16-5-8-2-1-3-9(4-8)11(18)19/h1-4H,5-7H2,(H,16,17)(H,18,19). The first-order valence-corrected chi connectivity index (χ1v) is 5.51. The molecule has 1 rings (SSSR count). The second-order valence-corrected chi connectivity index (χ2v) is 3.89. The Bertz CT molecular complexity index is 488. The maximum Gasteiger partial charge on any atom is 0.411 e. The largest absolute Gasteiger partial charge is 0.478 e. The van der Waals surface area contributed by atoms with Gasteiger partial charge in [-0.3, -0.25) is 4.79 Å². The van der Waals surface area contributed by atoms with Crippen LogP contribution in [0.2, 0.25) is 0 Å². The van der Waals surface area contributed by atoms with Crippen molar-refractivity contribution in [2.45, 2.75) is 12.7 Å². The number of rotatable bonds is 6. The second-order valence-electron chi connectivity index (χ2n) is 3.89. The Morgan fingerprint density at radius 2 is 2.00 bits per heavy atom. The highest BCUT2D eigenvalue weighted by molar-refractivity contribution is 5.87. The maximum atomic E-state index is 11.8. The number of nitrogens with one attached hydrogen (secondary N) is 1. The van der Waals surface area contributed by atoms with E-state index in [9.17, 15) is 22.8 Å². The third-order valence-electron chi connectivity index (χ3n) is 2.16. The molecule has 0 aliphatic rings. The van der Waals surface area contributed by atoms with E-state index in [-0.39, 0.29) is 12.1 Å². The zero-order valence-electron chi connectivity index (χ0n) is 10.2. The number of benzene rings is 1. The van der Waals surface area contributed by atoms with Gasteiger partial charge in [0.2, 0.25) is 5.91 Å². The number of halogens is 3. The van der Waals surface area contributed by atoms with Crippen LogP contribution in [0, 0.1) is 0 Å². The Labute approximate surface area is 112 Å². The van der Waals surface area contributed by atoms with E-state index in [0.29, 0.717) is 5.56 Å². The monoisotopic (exact) mass is 291 g/mol. The van der Waals surface area contributed by atoms with Crippen LogP contribution in [-0.4, -0.2) is 36.4 Å². The smallest absolute Gasteiger partial charge is 0.411 e. The lowest BCUT2D eigenvalue weighted by Crippen LogP contribution is -2.29. The average Bonchev–Trinajstić information content (AvgIpc) is 2.35. The molecular formula is C12H12F3NO4. The van der Waals surface area contributed by atoms with E-state index in [4.69, 9.17) is 5.11 Å². The van der Waals surface area contributed by atoms with Crippen LogP contribution >= 0.6 is 0 Å². The number of carboxylic acid groups (broad SMARTS) is 1. The van der Waals surface area contributed by atoms with E-state index in [1.54, 1.807) is 6.07 Å². The van der Waals surface area contributed by atoms with Crippen molar-refractivity contribution in [2.75, 3.05) is 13.2 Å². The summed E-state index contributed by atoms with van der Waals surface area (Å²) in [6.07, 6.45) is -4.48. The molecule has 0 heterocycles. The predicted molar refractivity (Wildman–Crippen MR) is 62.1 cm³/mol. The zero-order chi connectivity index (χ0) is 15.2. The summed E-state index contributed by atoms with van der Waals surface area (Å²) in [6, 6.07) is 5.84. The molecule has 0 radical (unpaired) electrons. The molecule has 0 atom stereocenters. The first-order chi connectivity index (χ1) is 9.28. The molecule has 0 saturated heterocycles. The van der Waals surface area contributed by atoms with E-state index in [0.717, 1.165) is 0 Å². The number of aromatic carboxylic acids is 1. The number of hydrogen-bond acceptors (Lipinski definition) is 3. The first kappa shape index (κ1) is 16.0. The summed E-state index contributed by atoms with van der Waals surface area (Å²) < 4.78 is 39.5. The third kappa shape index (κ3) is 6.19. The van der Waals surface area contributed by atoms with Crippen LogP contribution in [0.1, 0.15) is 15.9 Å². The molecule has 0 aliphatic heterocycles. The van der Waals surface area contributed by atoms with Crippen LogP contribution in [0.3, 0.4) is 0 Å². The van der Waals surface area contributed by atoms with Gasteiger partial charge in [0, 0.05) is 6.54 Å². The highest BCUT2D eigenvalue weighted by Gasteiger charge is 2.27. The second kappa shape index (κ2) is 6.90. The van der Waals surface area contributed by atoms with Crippen LogP contribution < -0.4 is 5.32 Å². The lowest BCUT2D eigenvalue weighted by Gasteiger charge is -2.08. The molecule has 0 spiro atoms. The van der Waals surface area contributed by atoms with E-state index < -0.39 is 31.3 Å². The minimum atomic E-state index is -4.48. The average molecular weight is 291 g/mol. The van der Waals surface area contributed by atoms with Crippen LogP contribution in [0.25, 0.3) is 0 Å². The zero-order valence-corrected chi connectivity index (χ0v) is 10.2. The summed E-state index contributed by atoms with van der Waals surface area (Å²) in [5.74, 6) is -1.82. The molecule has 0 unspecified atom stereocenters. The number of carbonyl (C=O) groups is 2. The van der Waals surface area contributed by atoms with E-state index >= 15 is 0 Å². The Kier molecular flexibility index (Phi) is 5.51. The quantitative estimate of drug-likeness (QED) is 0.834. The molecular weight excluding hydrogens is 279 g/mol. The highest BCUT2D eigenvalue weighted by Crippen LogP contribution is 2.14. The maximum absolute atomic E-state index is 11.8. The fourth-order valence-electron chi connectivity index (χ4n) is 1.33. The van der Waals surface area contributed by atoms with E-state index in [1.165, 1.54) is 18.2 Å². The number of amides is 1. The Morgan fingerprint density at radius 1 is 1.30 bits per heavy atom. The molecule has 0 bridgehead atoms. The summed E-state index contributed by atoms with van der Waals surface area (Å²) in [5, 5.41) is 11.1. The summed E-state index contributed by atoms with van der Waals surface area (Å²) >= 11 is 0. The molecule has 0 fully saturated rings. The van der Waals surface area contributed by atoms with Gasteiger partial charge in [-0.25, -0.2) is 4.79 Å². The van der Waals surface area contributed by atoms with Gasteiger partial charge in [-0.2, -0.15) is 13.2 Å². The van der Waals surface area contributed by atoms with Crippen LogP contribution in [0.4, 0.5) is 13.2 Å². The van der Waals surface area contributed by atoms with Crippen LogP contribution in [-0.2, 0) is 16.1 Å². The van der Waals surface area contributed by atoms with Crippen molar-refractivity contribution < 1.29 is 32.6 Å². The number of alkyl halides is 3. The normalized spacial score (nSPS) is 11.2. The molecule has 20 heavy (non-hydrogen) atoms. The van der Waals surface area contributed by atoms with Gasteiger partial charge in [-0.1, -0.05) is 12.1 Å². The SMILES string of the molecule is O=C(COCC(F)(F)F)NCc1cccc(C(=O)O)c1. The summed E-state index contributed by atoms with van der Waals surface area (Å²) in [5.41, 5.74) is 0.583. The van der Waals surface area contributed by atoms with Crippen LogP contribution in [0.5, 0.6) is 0 Å². The molecule has 1 aromatic carbocycles. The Balaban J connectivity index is 2.37. The van der Waals surface area contributed by atoms with Gasteiger partial charge in [0.25, 0.3) is 0 Å². The van der Waals surface area contributed by atoms with Crippen molar-refractivity contribution in [1.82, 2.24) is 5.32 Å². The fraction of sp³-hybridized carbons (Fsp3) is 0.333. The molecule has 0 saturated carbocycles. The number of ether oxygens (including phenoxy) is 1. The van der Waals surface area contributed by atoms with Crippen LogP contribution in [0.15, 0.2) is 24.3 Å². The minimum Gasteiger partial charge on any atom is -0.478 e. The molecule has 5 nitrogen and oxygen atoms in total. The van der Waals surface area contributed by atoms with E-state index in [2.05, 4.69) is 10.1 Å². The van der Waals surface area contributed by atoms with Crippen molar-refractivity contribution in [3.8, 4) is 0 Å². The topological polar surface area (TPSA) is 75.6 Å². The van der Waals surface area contributed by atoms with Crippen molar-refractivity contribution in [2.24, 2.45) is 0 Å². The van der Waals surface area contributed by atoms with Gasteiger partial charge in [0.1, 0.15) is 13.2 Å². The highest BCUT2D eigenvalue weighted by atomic mass is 19.4. The third-order valence-corrected chi connectivity index (χ3v) is 2.16. The predicted octanol–water partition coefficient (Wildman–Crippen LogP) is 1.58. The Hall–Kier alpha value is -2.09. The minimum absolute atomic E-state index is 0.00926. The lowest BCUT2D eigenvalue weighted by atomic mass is 10.1. The number of carboxylic acids is 1. The van der Waals surface area contributed by atoms with Crippen molar-refractivity contribution in [3.63, 3.8) is 0 Å². The molecule has 0 aliphatic carbocycles. The first-order valence-electron chi connectivity index (χ1n) is 5.51. The van der Waals surface area contributed by atoms with Crippen molar-refractivity contribution >= 4 is 11.9 Å². The van der Waals surface area contributed by atoms with Crippen molar-refractivity contribution in [3.05, 3.63) is 35.4 Å². The summed E-state index contributed by atoms with van der Waals surface area (Å²) in [6.45, 7) is -2.19. The van der Waals surface area contributed by atoms with Gasteiger partial charge in [0.15, 0.2) is 0 Å². The van der Waals surface area contributed by atoms with Gasteiger partial charge < -0.3 is 15.2 Å². The van der Waals surface area contributed by atoms with Crippen molar-refractivity contribution in [1.29, 1.82) is 0 Å². The van der Waals surface area contributed by atoms with Gasteiger partial charge in [-0.15, -0.1) is 0 Å². The molecule has 1 aromatic rings. The number of carbonyl (C=O) groups excluding carboxylic acids is 1. The molecule has 2 N–H and O–H groups in total. The fourth-order valence-corrected chi connectivity index (χ4v) is 1.33. The molecule has 8 heteroatoms. The van der Waals surface area contributed by atoms with Gasteiger partial charge in [-0.05, 0) is 17.7 Å². The molecule has 1 amide bonds. The van der Waals surface area contributed by atoms with Gasteiger partial charge >= 0.3 is 12.1 Å². The van der Waals surface area contributed by atoms with Gasteiger partial charge in [0.05, 0.1) is 5.56 Å². The molecule has 0 aromatic heterocycles.